The molecule has 0 bridgehead atoms. The molecule has 1 unspecified atom stereocenters. The largest absolute Gasteiger partial charge is 0.466 e. The van der Waals surface area contributed by atoms with Crippen molar-refractivity contribution >= 4 is 23.5 Å². The Morgan fingerprint density at radius 1 is 1.11 bits per heavy atom. The second-order valence-corrected chi connectivity index (χ2v) is 6.65. The first-order valence-electron chi connectivity index (χ1n) is 8.60. The van der Waals surface area contributed by atoms with Gasteiger partial charge < -0.3 is 19.8 Å². The smallest absolute Gasteiger partial charge is 0.337 e. The first-order valence-corrected chi connectivity index (χ1v) is 8.98. The van der Waals surface area contributed by atoms with E-state index in [0.717, 1.165) is 5.56 Å². The first-order chi connectivity index (χ1) is 13.4. The highest BCUT2D eigenvalue weighted by molar-refractivity contribution is 6.30. The summed E-state index contributed by atoms with van der Waals surface area (Å²) < 4.78 is 10.4. The van der Waals surface area contributed by atoms with Crippen molar-refractivity contribution in [1.82, 2.24) is 15.3 Å². The number of rotatable bonds is 5. The van der Waals surface area contributed by atoms with Gasteiger partial charge in [-0.25, -0.2) is 14.6 Å². The number of nitrogens with one attached hydrogen (secondary N) is 2. The maximum atomic E-state index is 13.0. The van der Waals surface area contributed by atoms with Crippen molar-refractivity contribution in [3.63, 3.8) is 0 Å². The van der Waals surface area contributed by atoms with Gasteiger partial charge in [0.1, 0.15) is 6.61 Å². The second-order valence-electron chi connectivity index (χ2n) is 6.30. The summed E-state index contributed by atoms with van der Waals surface area (Å²) in [4.78, 5) is 32.4. The van der Waals surface area contributed by atoms with Crippen LogP contribution in [0.2, 0.25) is 5.15 Å². The molecular weight excluding hydrogens is 382 g/mol. The van der Waals surface area contributed by atoms with E-state index >= 15 is 0 Å². The van der Waals surface area contributed by atoms with Gasteiger partial charge in [0.15, 0.2) is 5.15 Å². The van der Waals surface area contributed by atoms with E-state index in [1.165, 1.54) is 13.4 Å². The molecule has 1 aliphatic heterocycles. The van der Waals surface area contributed by atoms with Gasteiger partial charge >= 0.3 is 11.9 Å². The number of hydrogen-bond acceptors (Lipinski definition) is 6. The summed E-state index contributed by atoms with van der Waals surface area (Å²) in [6, 6.07) is 9.34. The highest BCUT2D eigenvalue weighted by atomic mass is 35.5. The highest BCUT2D eigenvalue weighted by Gasteiger charge is 2.39. The van der Waals surface area contributed by atoms with E-state index in [0.29, 0.717) is 17.1 Å². The minimum absolute atomic E-state index is 0.107. The molecule has 146 valence electrons. The fourth-order valence-corrected chi connectivity index (χ4v) is 3.44. The lowest BCUT2D eigenvalue weighted by Crippen LogP contribution is -2.32. The molecule has 2 N–H and O–H groups in total. The lowest BCUT2D eigenvalue weighted by molar-refractivity contribution is -0.140. The minimum Gasteiger partial charge on any atom is -0.466 e. The van der Waals surface area contributed by atoms with E-state index in [9.17, 15) is 9.59 Å². The molecule has 0 aliphatic carbocycles. The number of H-pyrrole nitrogens is 1. The van der Waals surface area contributed by atoms with Crippen molar-refractivity contribution in [3.8, 4) is 0 Å². The van der Waals surface area contributed by atoms with Gasteiger partial charge in [0.05, 0.1) is 36.2 Å². The van der Waals surface area contributed by atoms with Crippen LogP contribution < -0.4 is 5.32 Å². The number of methoxy groups -OCH3 is 1. The van der Waals surface area contributed by atoms with Gasteiger partial charge in [0.2, 0.25) is 0 Å². The van der Waals surface area contributed by atoms with Crippen LogP contribution in [0.4, 0.5) is 0 Å². The van der Waals surface area contributed by atoms with Crippen LogP contribution in [0.25, 0.3) is 0 Å². The molecule has 2 aromatic rings. The Balaban J connectivity index is 1.99. The fraction of sp³-hybridized carbons (Fsp3) is 0.250. The third kappa shape index (κ3) is 3.80. The number of hydrogen-bond donors (Lipinski definition) is 2. The summed E-state index contributed by atoms with van der Waals surface area (Å²) in [5.74, 6) is -1.91. The molecule has 1 aromatic carbocycles. The van der Waals surface area contributed by atoms with Crippen molar-refractivity contribution in [1.29, 1.82) is 0 Å². The third-order valence-corrected chi connectivity index (χ3v) is 4.81. The molecule has 1 aliphatic rings. The molecule has 7 nitrogen and oxygen atoms in total. The van der Waals surface area contributed by atoms with Gasteiger partial charge in [-0.1, -0.05) is 41.9 Å². The Morgan fingerprint density at radius 3 is 2.32 bits per heavy atom. The lowest BCUT2D eigenvalue weighted by Gasteiger charge is -2.29. The molecule has 0 saturated heterocycles. The predicted octanol–water partition coefficient (Wildman–Crippen LogP) is 3.21. The van der Waals surface area contributed by atoms with Crippen LogP contribution in [-0.4, -0.2) is 29.0 Å². The van der Waals surface area contributed by atoms with Gasteiger partial charge in [-0.05, 0) is 19.4 Å². The van der Waals surface area contributed by atoms with Gasteiger partial charge in [0.25, 0.3) is 0 Å². The number of esters is 2. The van der Waals surface area contributed by atoms with Crippen LogP contribution in [0.3, 0.4) is 0 Å². The Bertz CT molecular complexity index is 963. The highest BCUT2D eigenvalue weighted by Crippen LogP contribution is 2.40. The lowest BCUT2D eigenvalue weighted by atomic mass is 9.83. The van der Waals surface area contributed by atoms with Crippen molar-refractivity contribution < 1.29 is 19.1 Å². The Hall–Kier alpha value is -3.06. The zero-order valence-electron chi connectivity index (χ0n) is 15.7. The normalized spacial score (nSPS) is 16.6. The van der Waals surface area contributed by atoms with Crippen molar-refractivity contribution in [3.05, 3.63) is 75.6 Å². The maximum absolute atomic E-state index is 13.0. The van der Waals surface area contributed by atoms with Crippen LogP contribution >= 0.6 is 11.6 Å². The summed E-state index contributed by atoms with van der Waals surface area (Å²) in [6.45, 7) is 3.59. The molecule has 2 heterocycles. The van der Waals surface area contributed by atoms with Gasteiger partial charge in [-0.3, -0.25) is 0 Å². The van der Waals surface area contributed by atoms with E-state index in [-0.39, 0.29) is 22.9 Å². The maximum Gasteiger partial charge on any atom is 0.337 e. The monoisotopic (exact) mass is 401 g/mol. The number of ether oxygens (including phenoxy) is 2. The van der Waals surface area contributed by atoms with Gasteiger partial charge in [-0.2, -0.15) is 0 Å². The molecule has 0 amide bonds. The van der Waals surface area contributed by atoms with E-state index in [1.54, 1.807) is 13.8 Å². The molecular formula is C20H20ClN3O4. The zero-order valence-corrected chi connectivity index (χ0v) is 16.5. The van der Waals surface area contributed by atoms with Gasteiger partial charge in [0, 0.05) is 11.4 Å². The predicted molar refractivity (Wildman–Crippen MR) is 103 cm³/mol. The number of dihydropyridines is 1. The van der Waals surface area contributed by atoms with E-state index < -0.39 is 17.9 Å². The SMILES string of the molecule is COC(=O)C1=C(C)NC(C)=C(C(=O)OCc2ccccc2)C1c1[nH]cnc1Cl. The summed E-state index contributed by atoms with van der Waals surface area (Å²) in [5.41, 5.74) is 2.96. The quantitative estimate of drug-likeness (QED) is 0.747. The fourth-order valence-electron chi connectivity index (χ4n) is 3.22. The van der Waals surface area contributed by atoms with Crippen LogP contribution in [-0.2, 0) is 25.7 Å². The second kappa shape index (κ2) is 8.31. The first kappa shape index (κ1) is 19.7. The van der Waals surface area contributed by atoms with Crippen molar-refractivity contribution in [2.24, 2.45) is 0 Å². The molecule has 0 spiro atoms. The summed E-state index contributed by atoms with van der Waals surface area (Å²) in [7, 11) is 1.28. The number of imidazole rings is 1. The van der Waals surface area contributed by atoms with Crippen molar-refractivity contribution in [2.45, 2.75) is 26.4 Å². The van der Waals surface area contributed by atoms with E-state index in [2.05, 4.69) is 15.3 Å². The van der Waals surface area contributed by atoms with Crippen LogP contribution in [0.5, 0.6) is 0 Å². The number of carbonyl (C=O) groups is 2. The molecule has 0 saturated carbocycles. The van der Waals surface area contributed by atoms with Crippen LogP contribution in [0.15, 0.2) is 59.2 Å². The van der Waals surface area contributed by atoms with Crippen LogP contribution in [0, 0.1) is 0 Å². The number of allylic oxidation sites excluding steroid dienone is 2. The summed E-state index contributed by atoms with van der Waals surface area (Å²) >= 11 is 6.21. The Labute approximate surface area is 167 Å². The topological polar surface area (TPSA) is 93.3 Å². The standard InChI is InChI=1S/C20H20ClN3O4/c1-11-14(19(25)27-3)16(17-18(21)23-10-22-17)15(12(2)24-11)20(26)28-9-13-7-5-4-6-8-13/h4-8,10,16,24H,9H2,1-3H3,(H,22,23). The number of halogens is 1. The minimum atomic E-state index is -0.785. The van der Waals surface area contributed by atoms with Crippen molar-refractivity contribution in [2.75, 3.05) is 7.11 Å². The average Bonchev–Trinajstić information content (AvgIpc) is 3.11. The Kier molecular flexibility index (Phi) is 5.84. The molecule has 28 heavy (non-hydrogen) atoms. The van der Waals surface area contributed by atoms with Gasteiger partial charge in [-0.15, -0.1) is 0 Å². The van der Waals surface area contributed by atoms with Crippen LogP contribution in [0.1, 0.15) is 31.0 Å². The number of nitrogens with zero attached hydrogens (tertiary/aromatic N) is 1. The molecule has 3 rings (SSSR count). The summed E-state index contributed by atoms with van der Waals surface area (Å²) in [5, 5.41) is 3.23. The molecule has 1 atom stereocenters. The summed E-state index contributed by atoms with van der Waals surface area (Å²) in [6.07, 6.45) is 1.41. The molecule has 0 radical (unpaired) electrons. The molecule has 1 aromatic heterocycles. The number of benzene rings is 1. The Morgan fingerprint density at radius 2 is 1.75 bits per heavy atom. The third-order valence-electron chi connectivity index (χ3n) is 4.51. The number of aromatic amines is 1. The molecule has 0 fully saturated rings. The van der Waals surface area contributed by atoms with E-state index in [1.807, 2.05) is 30.3 Å². The van der Waals surface area contributed by atoms with E-state index in [4.69, 9.17) is 21.1 Å². The number of aromatic nitrogens is 2. The number of carbonyl (C=O) groups excluding carboxylic acids is 2. The zero-order chi connectivity index (χ0) is 20.3. The molecule has 8 heteroatoms. The average molecular weight is 402 g/mol.